The summed E-state index contributed by atoms with van der Waals surface area (Å²) >= 11 is 0. The Bertz CT molecular complexity index is 943. The molecule has 0 amide bonds. The molecule has 3 aliphatic heterocycles. The van der Waals surface area contributed by atoms with E-state index in [0.29, 0.717) is 24.1 Å². The smallest absolute Gasteiger partial charge is 0.338 e. The first kappa shape index (κ1) is 22.8. The summed E-state index contributed by atoms with van der Waals surface area (Å²) in [5, 5.41) is 20.7. The lowest BCUT2D eigenvalue weighted by molar-refractivity contribution is 0.0220. The van der Waals surface area contributed by atoms with Crippen LogP contribution in [0, 0.1) is 24.7 Å². The van der Waals surface area contributed by atoms with Crippen LogP contribution < -0.4 is 0 Å². The van der Waals surface area contributed by atoms with Gasteiger partial charge in [-0.1, -0.05) is 12.0 Å². The summed E-state index contributed by atoms with van der Waals surface area (Å²) in [6, 6.07) is 3.66. The Morgan fingerprint density at radius 1 is 1.22 bits per heavy atom. The van der Waals surface area contributed by atoms with E-state index in [2.05, 4.69) is 15.7 Å². The predicted molar refractivity (Wildman–Crippen MR) is 123 cm³/mol. The van der Waals surface area contributed by atoms with Gasteiger partial charge in [-0.25, -0.2) is 4.79 Å². The molecule has 0 saturated carbocycles. The molecular formula is C26H34N2O4. The van der Waals surface area contributed by atoms with E-state index in [4.69, 9.17) is 11.2 Å². The molecule has 1 atom stereocenters. The molecule has 2 saturated heterocycles. The minimum Gasteiger partial charge on any atom is -0.457 e. The predicted octanol–water partition coefficient (Wildman–Crippen LogP) is 2.78. The van der Waals surface area contributed by atoms with Gasteiger partial charge in [-0.3, -0.25) is 0 Å². The van der Waals surface area contributed by atoms with E-state index in [9.17, 15) is 15.0 Å². The molecule has 0 unspecified atom stereocenters. The van der Waals surface area contributed by atoms with Gasteiger partial charge in [0.05, 0.1) is 24.0 Å². The quantitative estimate of drug-likeness (QED) is 0.544. The number of benzene rings is 1. The highest BCUT2D eigenvalue weighted by atomic mass is 16.5. The van der Waals surface area contributed by atoms with Crippen molar-refractivity contribution >= 4 is 5.97 Å². The van der Waals surface area contributed by atoms with Gasteiger partial charge in [-0.15, -0.1) is 6.42 Å². The molecule has 6 nitrogen and oxygen atoms in total. The van der Waals surface area contributed by atoms with Crippen LogP contribution in [0.25, 0.3) is 0 Å². The normalized spacial score (nSPS) is 22.2. The lowest BCUT2D eigenvalue weighted by atomic mass is 9.71. The molecule has 0 aromatic heterocycles. The van der Waals surface area contributed by atoms with Gasteiger partial charge >= 0.3 is 5.97 Å². The fourth-order valence-corrected chi connectivity index (χ4v) is 5.57. The lowest BCUT2D eigenvalue weighted by Crippen LogP contribution is -2.47. The van der Waals surface area contributed by atoms with Crippen molar-refractivity contribution in [1.29, 1.82) is 0 Å². The summed E-state index contributed by atoms with van der Waals surface area (Å²) in [7, 11) is 0. The first-order valence-corrected chi connectivity index (χ1v) is 11.6. The van der Waals surface area contributed by atoms with Crippen molar-refractivity contribution in [2.24, 2.45) is 5.41 Å². The Kier molecular flexibility index (Phi) is 6.62. The average Bonchev–Trinajstić information content (AvgIpc) is 3.19. The van der Waals surface area contributed by atoms with E-state index in [-0.39, 0.29) is 12.6 Å². The largest absolute Gasteiger partial charge is 0.457 e. The molecule has 1 aromatic rings. The van der Waals surface area contributed by atoms with Gasteiger partial charge in [-0.05, 0) is 75.2 Å². The molecule has 172 valence electrons. The number of β-amino-alcohol motifs (C(OH)–C–C–N with tert-alkyl or cyclic N) is 1. The van der Waals surface area contributed by atoms with E-state index < -0.39 is 6.10 Å². The number of hydrogen-bond acceptors (Lipinski definition) is 6. The lowest BCUT2D eigenvalue weighted by Gasteiger charge is -2.48. The monoisotopic (exact) mass is 438 g/mol. The Balaban J connectivity index is 1.32. The van der Waals surface area contributed by atoms with Crippen molar-refractivity contribution in [3.63, 3.8) is 0 Å². The van der Waals surface area contributed by atoms with Gasteiger partial charge in [0.25, 0.3) is 0 Å². The summed E-state index contributed by atoms with van der Waals surface area (Å²) in [5.74, 6) is 2.39. The number of cyclic esters (lactones) is 1. The average molecular weight is 439 g/mol. The maximum atomic E-state index is 11.8. The zero-order chi connectivity index (χ0) is 22.9. The van der Waals surface area contributed by atoms with Crippen LogP contribution in [0.2, 0.25) is 0 Å². The summed E-state index contributed by atoms with van der Waals surface area (Å²) in [4.78, 5) is 16.4. The Labute approximate surface area is 190 Å². The van der Waals surface area contributed by atoms with Gasteiger partial charge in [0.1, 0.15) is 6.61 Å². The molecule has 0 radical (unpaired) electrons. The van der Waals surface area contributed by atoms with Gasteiger partial charge in [0.2, 0.25) is 0 Å². The number of aliphatic hydroxyl groups excluding tert-OH is 2. The molecule has 1 spiro atoms. The third-order valence-corrected chi connectivity index (χ3v) is 7.92. The van der Waals surface area contributed by atoms with Crippen LogP contribution in [0.4, 0.5) is 0 Å². The van der Waals surface area contributed by atoms with Crippen LogP contribution in [-0.4, -0.2) is 65.3 Å². The number of esters is 1. The van der Waals surface area contributed by atoms with E-state index in [1.165, 1.54) is 0 Å². The van der Waals surface area contributed by atoms with Crippen molar-refractivity contribution < 1.29 is 19.7 Å². The van der Waals surface area contributed by atoms with E-state index in [1.54, 1.807) is 6.07 Å². The Morgan fingerprint density at radius 3 is 2.50 bits per heavy atom. The summed E-state index contributed by atoms with van der Waals surface area (Å²) in [6.07, 6.45) is 9.45. The van der Waals surface area contributed by atoms with Crippen molar-refractivity contribution in [2.45, 2.75) is 52.2 Å². The zero-order valence-corrected chi connectivity index (χ0v) is 19.2. The number of carbonyl (C=O) groups is 1. The summed E-state index contributed by atoms with van der Waals surface area (Å²) < 4.78 is 5.14. The minimum atomic E-state index is -0.573. The van der Waals surface area contributed by atoms with E-state index >= 15 is 0 Å². The molecule has 2 N–H and O–H groups in total. The highest BCUT2D eigenvalue weighted by Crippen LogP contribution is 2.42. The topological polar surface area (TPSA) is 73.2 Å². The van der Waals surface area contributed by atoms with Crippen molar-refractivity contribution in [3.8, 4) is 12.3 Å². The molecular weight excluding hydrogens is 404 g/mol. The molecule has 6 heteroatoms. The SMILES string of the molecule is C#C/C(C)=C(\CO)N1CCC2(CCN(C[C@H](O)c3ccc4c(c3C)COC4=O)CC2)CC1. The minimum absolute atomic E-state index is 0.00288. The van der Waals surface area contributed by atoms with Crippen LogP contribution >= 0.6 is 0 Å². The maximum Gasteiger partial charge on any atom is 0.338 e. The Morgan fingerprint density at radius 2 is 1.88 bits per heavy atom. The van der Waals surface area contributed by atoms with Gasteiger partial charge in [0, 0.05) is 30.8 Å². The maximum absolute atomic E-state index is 11.8. The number of piperidine rings is 2. The second-order valence-electron chi connectivity index (χ2n) is 9.56. The first-order valence-electron chi connectivity index (χ1n) is 11.6. The molecule has 0 aliphatic carbocycles. The highest BCUT2D eigenvalue weighted by Gasteiger charge is 2.38. The zero-order valence-electron chi connectivity index (χ0n) is 19.2. The van der Waals surface area contributed by atoms with Gasteiger partial charge < -0.3 is 24.7 Å². The van der Waals surface area contributed by atoms with E-state index in [1.807, 2.05) is 19.9 Å². The molecule has 32 heavy (non-hydrogen) atoms. The van der Waals surface area contributed by atoms with E-state index in [0.717, 1.165) is 79.8 Å². The first-order chi connectivity index (χ1) is 15.4. The van der Waals surface area contributed by atoms with Crippen molar-refractivity contribution in [3.05, 3.63) is 45.7 Å². The van der Waals surface area contributed by atoms with Gasteiger partial charge in [0.15, 0.2) is 0 Å². The number of carbonyl (C=O) groups excluding carboxylic acids is 1. The number of aliphatic hydroxyl groups is 2. The standard InChI is InChI=1S/C26H34N2O4/c1-4-18(2)23(16-29)28-13-9-26(10-14-28)7-11-27(12-8-26)15-24(30)20-5-6-21-22(19(20)3)17-32-25(21)31/h1,5-6,24,29-30H,7-17H2,2-3H3/b23-18+/t24-/m0/s1. The number of rotatable bonds is 5. The summed E-state index contributed by atoms with van der Waals surface area (Å²) in [5.41, 5.74) is 5.46. The molecule has 1 aromatic carbocycles. The highest BCUT2D eigenvalue weighted by molar-refractivity contribution is 5.93. The second-order valence-corrected chi connectivity index (χ2v) is 9.56. The number of allylic oxidation sites excluding steroid dienone is 1. The van der Waals surface area contributed by atoms with Gasteiger partial charge in [-0.2, -0.15) is 0 Å². The van der Waals surface area contributed by atoms with Crippen molar-refractivity contribution in [1.82, 2.24) is 9.80 Å². The number of likely N-dealkylation sites (tertiary alicyclic amines) is 2. The second kappa shape index (κ2) is 9.27. The molecule has 2 fully saturated rings. The van der Waals surface area contributed by atoms with Crippen LogP contribution in [0.1, 0.15) is 65.8 Å². The van der Waals surface area contributed by atoms with Crippen LogP contribution in [0.5, 0.6) is 0 Å². The molecule has 3 heterocycles. The number of hydrogen-bond donors (Lipinski definition) is 2. The number of fused-ring (bicyclic) bond motifs is 1. The van der Waals surface area contributed by atoms with Crippen molar-refractivity contribution in [2.75, 3.05) is 39.3 Å². The number of ether oxygens (including phenoxy) is 1. The molecule has 0 bridgehead atoms. The summed E-state index contributed by atoms with van der Waals surface area (Å²) in [6.45, 7) is 8.61. The Hall–Kier alpha value is -2.33. The molecule has 4 rings (SSSR count). The third-order valence-electron chi connectivity index (χ3n) is 7.92. The van der Waals surface area contributed by atoms with Crippen LogP contribution in [0.3, 0.4) is 0 Å². The number of terminal acetylenes is 1. The third kappa shape index (κ3) is 4.30. The van der Waals surface area contributed by atoms with Crippen LogP contribution in [-0.2, 0) is 11.3 Å². The van der Waals surface area contributed by atoms with Crippen LogP contribution in [0.15, 0.2) is 23.4 Å². The molecule has 3 aliphatic rings. The number of nitrogens with zero attached hydrogens (tertiary/aromatic N) is 2. The fraction of sp³-hybridized carbons (Fsp3) is 0.577. The fourth-order valence-electron chi connectivity index (χ4n) is 5.57.